The molecule has 104 valence electrons. The van der Waals surface area contributed by atoms with Gasteiger partial charge in [0.05, 0.1) is 5.56 Å². The molecule has 0 aromatic heterocycles. The van der Waals surface area contributed by atoms with Crippen molar-refractivity contribution in [1.29, 1.82) is 0 Å². The Hall–Kier alpha value is -2.50. The number of halogens is 3. The molecule has 0 atom stereocenters. The van der Waals surface area contributed by atoms with E-state index < -0.39 is 12.3 Å². The van der Waals surface area contributed by atoms with Crippen molar-refractivity contribution in [3.05, 3.63) is 54.1 Å². The third-order valence-electron chi connectivity index (χ3n) is 2.56. The first-order valence-corrected chi connectivity index (χ1v) is 5.55. The maximum Gasteiger partial charge on any atom is 0.573 e. The molecule has 3 nitrogen and oxygen atoms in total. The van der Waals surface area contributed by atoms with Crippen molar-refractivity contribution in [3.8, 4) is 16.9 Å². The van der Waals surface area contributed by atoms with Crippen LogP contribution in [-0.4, -0.2) is 17.4 Å². The Balaban J connectivity index is 2.33. The van der Waals surface area contributed by atoms with Gasteiger partial charge < -0.3 is 9.84 Å². The summed E-state index contributed by atoms with van der Waals surface area (Å²) in [6.07, 6.45) is -4.75. The lowest BCUT2D eigenvalue weighted by Gasteiger charge is -2.10. The highest BCUT2D eigenvalue weighted by molar-refractivity contribution is 5.96. The Labute approximate surface area is 112 Å². The van der Waals surface area contributed by atoms with E-state index in [4.69, 9.17) is 5.11 Å². The van der Waals surface area contributed by atoms with Crippen molar-refractivity contribution in [1.82, 2.24) is 0 Å². The van der Waals surface area contributed by atoms with E-state index in [1.165, 1.54) is 18.2 Å². The quantitative estimate of drug-likeness (QED) is 0.927. The molecule has 0 aliphatic rings. The summed E-state index contributed by atoms with van der Waals surface area (Å²) in [7, 11) is 0. The fraction of sp³-hybridized carbons (Fsp3) is 0.0714. The fourth-order valence-electron chi connectivity index (χ4n) is 1.76. The number of rotatable bonds is 3. The summed E-state index contributed by atoms with van der Waals surface area (Å²) in [5.74, 6) is -1.45. The van der Waals surface area contributed by atoms with Gasteiger partial charge in [-0.15, -0.1) is 13.2 Å². The maximum absolute atomic E-state index is 12.0. The van der Waals surface area contributed by atoms with Crippen molar-refractivity contribution in [3.63, 3.8) is 0 Å². The minimum Gasteiger partial charge on any atom is -0.478 e. The van der Waals surface area contributed by atoms with E-state index >= 15 is 0 Å². The first kappa shape index (κ1) is 13.9. The molecule has 0 spiro atoms. The minimum atomic E-state index is -4.75. The molecule has 0 aliphatic carbocycles. The molecule has 0 saturated heterocycles. The summed E-state index contributed by atoms with van der Waals surface area (Å²) in [6.45, 7) is 0. The molecule has 2 aromatic rings. The van der Waals surface area contributed by atoms with Gasteiger partial charge in [0.15, 0.2) is 0 Å². The highest BCUT2D eigenvalue weighted by Crippen LogP contribution is 2.28. The van der Waals surface area contributed by atoms with Crippen LogP contribution in [0.1, 0.15) is 10.4 Å². The van der Waals surface area contributed by atoms with Gasteiger partial charge in [-0.2, -0.15) is 0 Å². The molecule has 0 heterocycles. The van der Waals surface area contributed by atoms with E-state index in [9.17, 15) is 18.0 Å². The van der Waals surface area contributed by atoms with E-state index in [0.29, 0.717) is 11.1 Å². The van der Waals surface area contributed by atoms with Crippen LogP contribution >= 0.6 is 0 Å². The lowest BCUT2D eigenvalue weighted by molar-refractivity contribution is -0.274. The predicted molar refractivity (Wildman–Crippen MR) is 65.5 cm³/mol. The molecular formula is C14H9F3O3. The van der Waals surface area contributed by atoms with Crippen LogP contribution < -0.4 is 4.74 Å². The predicted octanol–water partition coefficient (Wildman–Crippen LogP) is 3.95. The van der Waals surface area contributed by atoms with E-state index in [2.05, 4.69) is 4.74 Å². The Morgan fingerprint density at radius 3 is 2.15 bits per heavy atom. The smallest absolute Gasteiger partial charge is 0.478 e. The molecule has 0 bridgehead atoms. The van der Waals surface area contributed by atoms with Crippen LogP contribution in [-0.2, 0) is 0 Å². The second kappa shape index (κ2) is 5.24. The normalized spacial score (nSPS) is 11.2. The van der Waals surface area contributed by atoms with Crippen molar-refractivity contribution >= 4 is 5.97 Å². The molecule has 0 saturated carbocycles. The standard InChI is InChI=1S/C14H9F3O3/c15-14(16,17)20-10-7-5-9(6-8-10)11-3-1-2-4-12(11)13(18)19/h1-8H,(H,18,19). The number of carbonyl (C=O) groups is 1. The van der Waals surface area contributed by atoms with Crippen LogP contribution in [0.3, 0.4) is 0 Å². The highest BCUT2D eigenvalue weighted by atomic mass is 19.4. The summed E-state index contributed by atoms with van der Waals surface area (Å²) in [5, 5.41) is 9.06. The molecular weight excluding hydrogens is 273 g/mol. The van der Waals surface area contributed by atoms with Crippen LogP contribution in [0.15, 0.2) is 48.5 Å². The van der Waals surface area contributed by atoms with Crippen molar-refractivity contribution < 1.29 is 27.8 Å². The number of benzene rings is 2. The third-order valence-corrected chi connectivity index (χ3v) is 2.56. The second-order valence-corrected chi connectivity index (χ2v) is 3.92. The summed E-state index contributed by atoms with van der Waals surface area (Å²) < 4.78 is 39.9. The largest absolute Gasteiger partial charge is 0.573 e. The average molecular weight is 282 g/mol. The highest BCUT2D eigenvalue weighted by Gasteiger charge is 2.31. The van der Waals surface area contributed by atoms with Crippen LogP contribution in [0.2, 0.25) is 0 Å². The first-order chi connectivity index (χ1) is 9.37. The number of ether oxygens (including phenoxy) is 1. The Bertz CT molecular complexity index is 618. The summed E-state index contributed by atoms with van der Waals surface area (Å²) in [4.78, 5) is 11.1. The second-order valence-electron chi connectivity index (χ2n) is 3.92. The van der Waals surface area contributed by atoms with Gasteiger partial charge >= 0.3 is 12.3 Å². The number of alkyl halides is 3. The lowest BCUT2D eigenvalue weighted by Crippen LogP contribution is -2.16. The summed E-state index contributed by atoms with van der Waals surface area (Å²) in [6, 6.07) is 11.3. The zero-order chi connectivity index (χ0) is 14.8. The van der Waals surface area contributed by atoms with Gasteiger partial charge in [-0.05, 0) is 29.3 Å². The SMILES string of the molecule is O=C(O)c1ccccc1-c1ccc(OC(F)(F)F)cc1. The fourth-order valence-corrected chi connectivity index (χ4v) is 1.76. The molecule has 1 N–H and O–H groups in total. The molecule has 0 aliphatic heterocycles. The number of hydrogen-bond acceptors (Lipinski definition) is 2. The van der Waals surface area contributed by atoms with Gasteiger partial charge in [0.1, 0.15) is 5.75 Å². The van der Waals surface area contributed by atoms with Crippen molar-refractivity contribution in [2.24, 2.45) is 0 Å². The molecule has 0 amide bonds. The average Bonchev–Trinajstić information content (AvgIpc) is 2.38. The first-order valence-electron chi connectivity index (χ1n) is 5.55. The molecule has 2 aromatic carbocycles. The van der Waals surface area contributed by atoms with Gasteiger partial charge in [0.2, 0.25) is 0 Å². The zero-order valence-corrected chi connectivity index (χ0v) is 10.0. The Morgan fingerprint density at radius 1 is 1.00 bits per heavy atom. The summed E-state index contributed by atoms with van der Waals surface area (Å²) in [5.41, 5.74) is 1.01. The van der Waals surface area contributed by atoms with Crippen LogP contribution in [0.4, 0.5) is 13.2 Å². The number of aromatic carboxylic acids is 1. The van der Waals surface area contributed by atoms with Gasteiger partial charge in [0.25, 0.3) is 0 Å². The number of carboxylic acids is 1. The van der Waals surface area contributed by atoms with Crippen molar-refractivity contribution in [2.45, 2.75) is 6.36 Å². The monoisotopic (exact) mass is 282 g/mol. The van der Waals surface area contributed by atoms with Gasteiger partial charge in [-0.3, -0.25) is 0 Å². The molecule has 0 fully saturated rings. The van der Waals surface area contributed by atoms with E-state index in [1.807, 2.05) is 0 Å². The lowest BCUT2D eigenvalue weighted by atomic mass is 10.00. The molecule has 2 rings (SSSR count). The van der Waals surface area contributed by atoms with Gasteiger partial charge in [-0.25, -0.2) is 4.79 Å². The summed E-state index contributed by atoms with van der Waals surface area (Å²) >= 11 is 0. The van der Waals surface area contributed by atoms with Gasteiger partial charge in [-0.1, -0.05) is 30.3 Å². The molecule has 0 unspecified atom stereocenters. The topological polar surface area (TPSA) is 46.5 Å². The van der Waals surface area contributed by atoms with Crippen LogP contribution in [0, 0.1) is 0 Å². The van der Waals surface area contributed by atoms with E-state index in [-0.39, 0.29) is 11.3 Å². The minimum absolute atomic E-state index is 0.0805. The molecule has 6 heteroatoms. The zero-order valence-electron chi connectivity index (χ0n) is 10.0. The van der Waals surface area contributed by atoms with Gasteiger partial charge in [0, 0.05) is 0 Å². The Morgan fingerprint density at radius 2 is 1.60 bits per heavy atom. The Kier molecular flexibility index (Phi) is 3.65. The van der Waals surface area contributed by atoms with E-state index in [0.717, 1.165) is 12.1 Å². The maximum atomic E-state index is 12.0. The number of carboxylic acid groups (broad SMARTS) is 1. The van der Waals surface area contributed by atoms with Crippen LogP contribution in [0.5, 0.6) is 5.75 Å². The molecule has 20 heavy (non-hydrogen) atoms. The van der Waals surface area contributed by atoms with Crippen molar-refractivity contribution in [2.75, 3.05) is 0 Å². The number of hydrogen-bond donors (Lipinski definition) is 1. The van der Waals surface area contributed by atoms with Crippen LogP contribution in [0.25, 0.3) is 11.1 Å². The molecule has 0 radical (unpaired) electrons. The van der Waals surface area contributed by atoms with E-state index in [1.54, 1.807) is 18.2 Å². The third kappa shape index (κ3) is 3.28.